The van der Waals surface area contributed by atoms with Gasteiger partial charge >= 0.3 is 6.18 Å². The van der Waals surface area contributed by atoms with Crippen LogP contribution in [-0.2, 0) is 0 Å². The molecule has 128 valence electrons. The van der Waals surface area contributed by atoms with Gasteiger partial charge in [-0.25, -0.2) is 0 Å². The van der Waals surface area contributed by atoms with E-state index in [1.165, 1.54) is 0 Å². The maximum Gasteiger partial charge on any atom is 0.389 e. The molecule has 0 fully saturated rings. The van der Waals surface area contributed by atoms with Crippen molar-refractivity contribution in [2.75, 3.05) is 0 Å². The van der Waals surface area contributed by atoms with E-state index in [2.05, 4.69) is 0 Å². The standard InChI is InChI=1S/C18H17ClF3NO/c1-12-15(19)4-2-6-17(12)24-14-9-7-13(8-10-14)16(23)5-3-11-18(20,21)22/h2,4,6-10,23H,3,5,11H2,1H3. The van der Waals surface area contributed by atoms with Gasteiger partial charge in [0.25, 0.3) is 0 Å². The molecule has 0 aliphatic heterocycles. The molecule has 0 spiro atoms. The molecule has 0 amide bonds. The third-order valence-corrected chi connectivity index (χ3v) is 3.95. The average Bonchev–Trinajstić information content (AvgIpc) is 2.51. The molecule has 0 aliphatic carbocycles. The molecule has 0 unspecified atom stereocenters. The van der Waals surface area contributed by atoms with Crippen molar-refractivity contribution in [1.82, 2.24) is 0 Å². The number of ether oxygens (including phenoxy) is 1. The number of alkyl halides is 3. The number of halogens is 4. The van der Waals surface area contributed by atoms with E-state index in [0.29, 0.717) is 22.1 Å². The number of rotatable bonds is 6. The van der Waals surface area contributed by atoms with Crippen LogP contribution in [0.2, 0.25) is 5.02 Å². The predicted molar refractivity (Wildman–Crippen MR) is 89.4 cm³/mol. The highest BCUT2D eigenvalue weighted by Gasteiger charge is 2.26. The molecule has 24 heavy (non-hydrogen) atoms. The van der Waals surface area contributed by atoms with Gasteiger partial charge in [-0.05, 0) is 61.7 Å². The Kier molecular flexibility index (Phi) is 5.89. The summed E-state index contributed by atoms with van der Waals surface area (Å²) in [5.74, 6) is 1.21. The highest BCUT2D eigenvalue weighted by atomic mass is 35.5. The number of nitrogens with one attached hydrogen (secondary N) is 1. The van der Waals surface area contributed by atoms with Crippen molar-refractivity contribution in [2.45, 2.75) is 32.4 Å². The Balaban J connectivity index is 1.97. The minimum Gasteiger partial charge on any atom is -0.457 e. The van der Waals surface area contributed by atoms with Crippen LogP contribution < -0.4 is 4.74 Å². The second-order valence-corrected chi connectivity index (χ2v) is 5.84. The highest BCUT2D eigenvalue weighted by Crippen LogP contribution is 2.30. The first-order valence-electron chi connectivity index (χ1n) is 7.44. The van der Waals surface area contributed by atoms with Crippen LogP contribution in [0.25, 0.3) is 0 Å². The largest absolute Gasteiger partial charge is 0.457 e. The van der Waals surface area contributed by atoms with Gasteiger partial charge in [-0.15, -0.1) is 0 Å². The van der Waals surface area contributed by atoms with Crippen LogP contribution in [0.15, 0.2) is 42.5 Å². The lowest BCUT2D eigenvalue weighted by molar-refractivity contribution is -0.135. The molecule has 0 saturated heterocycles. The van der Waals surface area contributed by atoms with Crippen molar-refractivity contribution < 1.29 is 17.9 Å². The minimum atomic E-state index is -4.17. The lowest BCUT2D eigenvalue weighted by Gasteiger charge is -2.11. The Morgan fingerprint density at radius 3 is 2.42 bits per heavy atom. The summed E-state index contributed by atoms with van der Waals surface area (Å²) in [6.07, 6.45) is -5.03. The van der Waals surface area contributed by atoms with E-state index in [1.54, 1.807) is 42.5 Å². The SMILES string of the molecule is Cc1c(Cl)cccc1Oc1ccc(C(=N)CCCC(F)(F)F)cc1. The molecule has 2 nitrogen and oxygen atoms in total. The topological polar surface area (TPSA) is 33.1 Å². The lowest BCUT2D eigenvalue weighted by atomic mass is 10.0. The van der Waals surface area contributed by atoms with Gasteiger partial charge < -0.3 is 10.1 Å². The number of hydrogen-bond acceptors (Lipinski definition) is 2. The van der Waals surface area contributed by atoms with E-state index in [-0.39, 0.29) is 18.6 Å². The van der Waals surface area contributed by atoms with Gasteiger partial charge in [0.1, 0.15) is 11.5 Å². The maximum absolute atomic E-state index is 12.1. The molecule has 2 aromatic carbocycles. The molecule has 1 N–H and O–H groups in total. The number of hydrogen-bond donors (Lipinski definition) is 1. The lowest BCUT2D eigenvalue weighted by Crippen LogP contribution is -2.08. The van der Waals surface area contributed by atoms with Crippen molar-refractivity contribution in [3.63, 3.8) is 0 Å². The molecule has 0 atom stereocenters. The fraction of sp³-hybridized carbons (Fsp3) is 0.278. The van der Waals surface area contributed by atoms with Crippen LogP contribution in [0.4, 0.5) is 13.2 Å². The van der Waals surface area contributed by atoms with Crippen LogP contribution >= 0.6 is 11.6 Å². The normalized spacial score (nSPS) is 11.4. The fourth-order valence-corrected chi connectivity index (χ4v) is 2.33. The van der Waals surface area contributed by atoms with Crippen LogP contribution in [0, 0.1) is 12.3 Å². The summed E-state index contributed by atoms with van der Waals surface area (Å²) in [6.45, 7) is 1.85. The molecular weight excluding hydrogens is 339 g/mol. The van der Waals surface area contributed by atoms with E-state index in [4.69, 9.17) is 21.7 Å². The predicted octanol–water partition coefficient (Wildman–Crippen LogP) is 6.54. The monoisotopic (exact) mass is 355 g/mol. The van der Waals surface area contributed by atoms with Crippen LogP contribution in [-0.4, -0.2) is 11.9 Å². The molecular formula is C18H17ClF3NO. The summed E-state index contributed by atoms with van der Waals surface area (Å²) in [4.78, 5) is 0. The first-order chi connectivity index (χ1) is 11.3. The van der Waals surface area contributed by atoms with Gasteiger partial charge in [-0.1, -0.05) is 17.7 Å². The smallest absolute Gasteiger partial charge is 0.389 e. The molecule has 0 saturated carbocycles. The first-order valence-corrected chi connectivity index (χ1v) is 7.81. The highest BCUT2D eigenvalue weighted by molar-refractivity contribution is 6.31. The van der Waals surface area contributed by atoms with E-state index in [1.807, 2.05) is 6.92 Å². The molecule has 0 radical (unpaired) electrons. The Morgan fingerprint density at radius 2 is 1.79 bits per heavy atom. The summed E-state index contributed by atoms with van der Waals surface area (Å²) in [6, 6.07) is 12.1. The van der Waals surface area contributed by atoms with Gasteiger partial charge in [0.2, 0.25) is 0 Å². The van der Waals surface area contributed by atoms with Crippen molar-refractivity contribution in [1.29, 1.82) is 5.41 Å². The minimum absolute atomic E-state index is 0.0811. The Hall–Kier alpha value is -2.01. The van der Waals surface area contributed by atoms with Crippen LogP contribution in [0.1, 0.15) is 30.4 Å². The third-order valence-electron chi connectivity index (χ3n) is 3.54. The van der Waals surface area contributed by atoms with E-state index in [0.717, 1.165) is 5.56 Å². The third kappa shape index (κ3) is 5.27. The molecule has 2 aromatic rings. The van der Waals surface area contributed by atoms with E-state index < -0.39 is 12.6 Å². The van der Waals surface area contributed by atoms with Gasteiger partial charge in [-0.3, -0.25) is 0 Å². The summed E-state index contributed by atoms with van der Waals surface area (Å²) in [7, 11) is 0. The first kappa shape index (κ1) is 18.3. The van der Waals surface area contributed by atoms with Gasteiger partial charge in [-0.2, -0.15) is 13.2 Å². The summed E-state index contributed by atoms with van der Waals surface area (Å²) >= 11 is 6.04. The second kappa shape index (κ2) is 7.71. The average molecular weight is 356 g/mol. The quantitative estimate of drug-likeness (QED) is 0.586. The zero-order chi connectivity index (χ0) is 17.7. The van der Waals surface area contributed by atoms with E-state index >= 15 is 0 Å². The van der Waals surface area contributed by atoms with Crippen LogP contribution in [0.5, 0.6) is 11.5 Å². The number of benzene rings is 2. The summed E-state index contributed by atoms with van der Waals surface area (Å²) in [5.41, 5.74) is 1.60. The Bertz CT molecular complexity index is 711. The molecule has 0 bridgehead atoms. The van der Waals surface area contributed by atoms with Gasteiger partial charge in [0.15, 0.2) is 0 Å². The molecule has 0 heterocycles. The summed E-state index contributed by atoms with van der Waals surface area (Å²) < 4.78 is 42.1. The fourth-order valence-electron chi connectivity index (χ4n) is 2.16. The molecule has 0 aliphatic rings. The van der Waals surface area contributed by atoms with Gasteiger partial charge in [0.05, 0.1) is 0 Å². The zero-order valence-corrected chi connectivity index (χ0v) is 13.8. The van der Waals surface area contributed by atoms with Crippen molar-refractivity contribution in [2.24, 2.45) is 0 Å². The van der Waals surface area contributed by atoms with Crippen molar-refractivity contribution in [3.05, 3.63) is 58.6 Å². The van der Waals surface area contributed by atoms with Crippen molar-refractivity contribution >= 4 is 17.3 Å². The Morgan fingerprint density at radius 1 is 1.12 bits per heavy atom. The van der Waals surface area contributed by atoms with Crippen LogP contribution in [0.3, 0.4) is 0 Å². The zero-order valence-electron chi connectivity index (χ0n) is 13.1. The summed E-state index contributed by atoms with van der Waals surface area (Å²) in [5, 5.41) is 8.47. The Labute approximate surface area is 143 Å². The van der Waals surface area contributed by atoms with Crippen molar-refractivity contribution in [3.8, 4) is 11.5 Å². The molecule has 2 rings (SSSR count). The molecule has 0 aromatic heterocycles. The molecule has 6 heteroatoms. The van der Waals surface area contributed by atoms with E-state index in [9.17, 15) is 13.2 Å². The second-order valence-electron chi connectivity index (χ2n) is 5.44. The van der Waals surface area contributed by atoms with Gasteiger partial charge in [0, 0.05) is 22.7 Å². The maximum atomic E-state index is 12.1.